The normalized spacial score (nSPS) is 9.20. The molecule has 0 rings (SSSR count). The fourth-order valence-electron chi connectivity index (χ4n) is 0.356. The fraction of sp³-hybridized carbons (Fsp3) is 0.429. The van der Waals surface area contributed by atoms with E-state index in [9.17, 15) is 4.79 Å². The molecule has 0 aliphatic heterocycles. The van der Waals surface area contributed by atoms with Crippen molar-refractivity contribution in [2.45, 2.75) is 13.3 Å². The Labute approximate surface area is 59.9 Å². The highest BCUT2D eigenvalue weighted by Crippen LogP contribution is 1.83. The topological polar surface area (TPSA) is 50.1 Å². The van der Waals surface area contributed by atoms with Crippen LogP contribution >= 0.6 is 0 Å². The Morgan fingerprint density at radius 2 is 2.50 bits per heavy atom. The van der Waals surface area contributed by atoms with Gasteiger partial charge in [0.15, 0.2) is 0 Å². The monoisotopic (exact) mass is 139 g/mol. The SMILES string of the molecule is CCCOC(=O)/C=C\C#N. The van der Waals surface area contributed by atoms with Crippen LogP contribution in [0.25, 0.3) is 0 Å². The van der Waals surface area contributed by atoms with Crippen LogP contribution in [0.15, 0.2) is 12.2 Å². The third kappa shape index (κ3) is 4.85. The van der Waals surface area contributed by atoms with E-state index < -0.39 is 5.97 Å². The first-order valence-electron chi connectivity index (χ1n) is 3.04. The summed E-state index contributed by atoms with van der Waals surface area (Å²) in [5.41, 5.74) is 0. The summed E-state index contributed by atoms with van der Waals surface area (Å²) < 4.78 is 4.62. The molecule has 0 aromatic rings. The second kappa shape index (κ2) is 5.83. The molecule has 3 nitrogen and oxygen atoms in total. The molecule has 0 aromatic carbocycles. The lowest BCUT2D eigenvalue weighted by Crippen LogP contribution is -2.00. The van der Waals surface area contributed by atoms with Gasteiger partial charge in [-0.15, -0.1) is 0 Å². The molecule has 54 valence electrons. The summed E-state index contributed by atoms with van der Waals surface area (Å²) in [5.74, 6) is -0.455. The summed E-state index contributed by atoms with van der Waals surface area (Å²) in [6, 6.07) is 1.69. The number of hydrogen-bond acceptors (Lipinski definition) is 3. The van der Waals surface area contributed by atoms with Crippen LogP contribution in [0.5, 0.6) is 0 Å². The van der Waals surface area contributed by atoms with Crippen molar-refractivity contribution in [3.63, 3.8) is 0 Å². The summed E-state index contributed by atoms with van der Waals surface area (Å²) in [7, 11) is 0. The Bertz CT molecular complexity index is 167. The van der Waals surface area contributed by atoms with Crippen molar-refractivity contribution < 1.29 is 9.53 Å². The second-order valence-electron chi connectivity index (χ2n) is 1.63. The van der Waals surface area contributed by atoms with Gasteiger partial charge in [0.05, 0.1) is 12.7 Å². The lowest BCUT2D eigenvalue weighted by atomic mass is 10.5. The second-order valence-corrected chi connectivity index (χ2v) is 1.63. The molecule has 0 radical (unpaired) electrons. The number of allylic oxidation sites excluding steroid dienone is 1. The van der Waals surface area contributed by atoms with Gasteiger partial charge in [0.25, 0.3) is 0 Å². The quantitative estimate of drug-likeness (QED) is 0.333. The van der Waals surface area contributed by atoms with Crippen LogP contribution in [0.1, 0.15) is 13.3 Å². The average Bonchev–Trinajstić information content (AvgIpc) is 1.97. The van der Waals surface area contributed by atoms with Gasteiger partial charge in [0.1, 0.15) is 0 Å². The molecule has 0 spiro atoms. The van der Waals surface area contributed by atoms with Crippen LogP contribution in [-0.2, 0) is 9.53 Å². The third-order valence-electron chi connectivity index (χ3n) is 0.742. The van der Waals surface area contributed by atoms with E-state index in [1.165, 1.54) is 0 Å². The van der Waals surface area contributed by atoms with Crippen LogP contribution < -0.4 is 0 Å². The van der Waals surface area contributed by atoms with Crippen LogP contribution in [0.4, 0.5) is 0 Å². The molecule has 0 aliphatic carbocycles. The van der Waals surface area contributed by atoms with E-state index in [-0.39, 0.29) is 0 Å². The first kappa shape index (κ1) is 8.70. The zero-order chi connectivity index (χ0) is 7.82. The van der Waals surface area contributed by atoms with E-state index >= 15 is 0 Å². The minimum atomic E-state index is -0.455. The molecule has 0 fully saturated rings. The molecular formula is C7H9NO2. The molecule has 10 heavy (non-hydrogen) atoms. The maximum atomic E-state index is 10.5. The summed E-state index contributed by atoms with van der Waals surface area (Å²) in [5, 5.41) is 8.00. The molecule has 0 heterocycles. The highest BCUT2D eigenvalue weighted by molar-refractivity contribution is 5.82. The Kier molecular flexibility index (Phi) is 5.07. The van der Waals surface area contributed by atoms with E-state index in [0.29, 0.717) is 6.61 Å². The lowest BCUT2D eigenvalue weighted by Gasteiger charge is -1.95. The zero-order valence-corrected chi connectivity index (χ0v) is 5.83. The molecular weight excluding hydrogens is 130 g/mol. The van der Waals surface area contributed by atoms with Crippen molar-refractivity contribution in [3.8, 4) is 6.07 Å². The number of ether oxygens (including phenoxy) is 1. The minimum absolute atomic E-state index is 0.411. The molecule has 0 saturated heterocycles. The number of rotatable bonds is 3. The molecule has 0 aliphatic rings. The highest BCUT2D eigenvalue weighted by Gasteiger charge is 1.92. The summed E-state index contributed by atoms with van der Waals surface area (Å²) in [4.78, 5) is 10.5. The lowest BCUT2D eigenvalue weighted by molar-refractivity contribution is -0.137. The maximum Gasteiger partial charge on any atom is 0.331 e. The number of hydrogen-bond donors (Lipinski definition) is 0. The molecule has 0 unspecified atom stereocenters. The van der Waals surface area contributed by atoms with E-state index in [1.54, 1.807) is 6.07 Å². The first-order valence-corrected chi connectivity index (χ1v) is 3.04. The predicted octanol–water partition coefficient (Wildman–Crippen LogP) is 1.02. The maximum absolute atomic E-state index is 10.5. The molecule has 0 N–H and O–H groups in total. The van der Waals surface area contributed by atoms with Crippen molar-refractivity contribution in [1.82, 2.24) is 0 Å². The van der Waals surface area contributed by atoms with Crippen LogP contribution in [0.2, 0.25) is 0 Å². The Hall–Kier alpha value is -1.30. The fourth-order valence-corrected chi connectivity index (χ4v) is 0.356. The van der Waals surface area contributed by atoms with Gasteiger partial charge in [-0.25, -0.2) is 4.79 Å². The van der Waals surface area contributed by atoms with Gasteiger partial charge in [-0.2, -0.15) is 5.26 Å². The number of carbonyl (C=O) groups excluding carboxylic acids is 1. The van der Waals surface area contributed by atoms with E-state index in [2.05, 4.69) is 4.74 Å². The van der Waals surface area contributed by atoms with Crippen LogP contribution in [0.3, 0.4) is 0 Å². The molecule has 0 atom stereocenters. The number of esters is 1. The Morgan fingerprint density at radius 1 is 1.80 bits per heavy atom. The van der Waals surface area contributed by atoms with Crippen LogP contribution in [-0.4, -0.2) is 12.6 Å². The van der Waals surface area contributed by atoms with Gasteiger partial charge in [0.2, 0.25) is 0 Å². The van der Waals surface area contributed by atoms with Crippen molar-refractivity contribution in [2.75, 3.05) is 6.61 Å². The Balaban J connectivity index is 3.46. The standard InChI is InChI=1S/C7H9NO2/c1-2-6-10-7(9)4-3-5-8/h3-4H,2,6H2,1H3/b4-3-. The highest BCUT2D eigenvalue weighted by atomic mass is 16.5. The van der Waals surface area contributed by atoms with Crippen molar-refractivity contribution in [1.29, 1.82) is 5.26 Å². The largest absolute Gasteiger partial charge is 0.463 e. The van der Waals surface area contributed by atoms with E-state index in [4.69, 9.17) is 5.26 Å². The van der Waals surface area contributed by atoms with Crippen molar-refractivity contribution in [2.24, 2.45) is 0 Å². The first-order chi connectivity index (χ1) is 4.81. The van der Waals surface area contributed by atoms with Gasteiger partial charge in [0, 0.05) is 12.2 Å². The number of nitriles is 1. The van der Waals surface area contributed by atoms with Gasteiger partial charge in [-0.1, -0.05) is 6.92 Å². The average molecular weight is 139 g/mol. The zero-order valence-electron chi connectivity index (χ0n) is 5.83. The molecule has 3 heteroatoms. The predicted molar refractivity (Wildman–Crippen MR) is 36.0 cm³/mol. The minimum Gasteiger partial charge on any atom is -0.463 e. The van der Waals surface area contributed by atoms with E-state index in [1.807, 2.05) is 6.92 Å². The van der Waals surface area contributed by atoms with Gasteiger partial charge in [-0.05, 0) is 6.42 Å². The van der Waals surface area contributed by atoms with Crippen molar-refractivity contribution >= 4 is 5.97 Å². The molecule has 0 bridgehead atoms. The Morgan fingerprint density at radius 3 is 3.00 bits per heavy atom. The smallest absolute Gasteiger partial charge is 0.331 e. The molecule has 0 saturated carbocycles. The summed E-state index contributed by atoms with van der Waals surface area (Å²) in [6.07, 6.45) is 3.00. The van der Waals surface area contributed by atoms with Gasteiger partial charge >= 0.3 is 5.97 Å². The van der Waals surface area contributed by atoms with Crippen molar-refractivity contribution in [3.05, 3.63) is 12.2 Å². The molecule has 0 aromatic heterocycles. The molecule has 0 amide bonds. The third-order valence-corrected chi connectivity index (χ3v) is 0.742. The van der Waals surface area contributed by atoms with Gasteiger partial charge in [-0.3, -0.25) is 0 Å². The van der Waals surface area contributed by atoms with Gasteiger partial charge < -0.3 is 4.74 Å². The number of nitrogens with zero attached hydrogens (tertiary/aromatic N) is 1. The van der Waals surface area contributed by atoms with E-state index in [0.717, 1.165) is 18.6 Å². The van der Waals surface area contributed by atoms with Crippen LogP contribution in [0, 0.1) is 11.3 Å². The number of carbonyl (C=O) groups is 1. The summed E-state index contributed by atoms with van der Waals surface area (Å²) in [6.45, 7) is 2.32. The summed E-state index contributed by atoms with van der Waals surface area (Å²) >= 11 is 0.